The monoisotopic (exact) mass is 494 g/mol. The summed E-state index contributed by atoms with van der Waals surface area (Å²) in [5.41, 5.74) is 5.15. The van der Waals surface area contributed by atoms with Crippen LogP contribution < -0.4 is 16.6 Å². The first-order valence-corrected chi connectivity index (χ1v) is 12.1. The molecule has 1 fully saturated rings. The van der Waals surface area contributed by atoms with Gasteiger partial charge in [-0.3, -0.25) is 18.8 Å². The number of aliphatic imine (C=N–C) groups is 1. The molecule has 0 saturated carbocycles. The quantitative estimate of drug-likeness (QED) is 0.453. The van der Waals surface area contributed by atoms with Gasteiger partial charge in [0.15, 0.2) is 11.6 Å². The zero-order chi connectivity index (χ0) is 24.4. The van der Waals surface area contributed by atoms with Crippen molar-refractivity contribution in [1.29, 1.82) is 0 Å². The molecule has 3 heterocycles. The van der Waals surface area contributed by atoms with E-state index >= 15 is 0 Å². The number of nitrogens with zero attached hydrogens (tertiary/aromatic N) is 3. The van der Waals surface area contributed by atoms with Crippen molar-refractivity contribution in [3.05, 3.63) is 63.6 Å². The van der Waals surface area contributed by atoms with Crippen LogP contribution in [0.3, 0.4) is 0 Å². The van der Waals surface area contributed by atoms with Crippen molar-refractivity contribution in [2.45, 2.75) is 38.3 Å². The number of urea groups is 1. The Bertz CT molecular complexity index is 1170. The topological polar surface area (TPSA) is 144 Å². The number of hydrogen-bond acceptors (Lipinski definition) is 7. The molecule has 34 heavy (non-hydrogen) atoms. The second-order valence-corrected chi connectivity index (χ2v) is 9.76. The van der Waals surface area contributed by atoms with Gasteiger partial charge in [0.25, 0.3) is 5.56 Å². The highest BCUT2D eigenvalue weighted by Crippen LogP contribution is 2.22. The van der Waals surface area contributed by atoms with E-state index in [1.807, 2.05) is 0 Å². The fourth-order valence-electron chi connectivity index (χ4n) is 3.83. The Balaban J connectivity index is 1.64. The summed E-state index contributed by atoms with van der Waals surface area (Å²) < 4.78 is 39.3. The molecule has 0 aliphatic carbocycles. The zero-order valence-corrected chi connectivity index (χ0v) is 18.9. The van der Waals surface area contributed by atoms with E-state index in [4.69, 9.17) is 5.73 Å². The number of anilines is 1. The summed E-state index contributed by atoms with van der Waals surface area (Å²) in [6, 6.07) is 4.40. The van der Waals surface area contributed by atoms with Crippen LogP contribution >= 0.6 is 0 Å². The number of carbonyl (C=O) groups excluding carboxylic acids is 1. The molecule has 1 unspecified atom stereocenters. The molecular weight excluding hydrogens is 470 g/mol. The van der Waals surface area contributed by atoms with Crippen LogP contribution in [0.2, 0.25) is 0 Å². The summed E-state index contributed by atoms with van der Waals surface area (Å²) in [4.78, 5) is 34.3. The molecule has 13 heteroatoms. The van der Waals surface area contributed by atoms with Crippen LogP contribution in [0, 0.1) is 11.6 Å². The molecule has 2 aliphatic heterocycles. The van der Waals surface area contributed by atoms with Gasteiger partial charge >= 0.3 is 6.03 Å². The number of H-pyrrole nitrogens is 1. The molecule has 4 rings (SSSR count). The Hall–Kier alpha value is -3.32. The molecule has 0 radical (unpaired) electrons. The third kappa shape index (κ3) is 5.09. The van der Waals surface area contributed by atoms with E-state index < -0.39 is 46.1 Å². The maximum atomic E-state index is 13.9. The van der Waals surface area contributed by atoms with Crippen molar-refractivity contribution in [3.63, 3.8) is 0 Å². The fourth-order valence-corrected chi connectivity index (χ4v) is 5.13. The van der Waals surface area contributed by atoms with E-state index in [2.05, 4.69) is 15.3 Å². The number of nitrogen functional groups attached to an aromatic ring is 1. The lowest BCUT2D eigenvalue weighted by Gasteiger charge is -2.39. The molecule has 2 amide bonds. The van der Waals surface area contributed by atoms with Gasteiger partial charge in [0.1, 0.15) is 0 Å². The SMILES string of the molecule is Nc1cc(CN2C(=O)N(Cc3ccc[nH]c3=O)C(O)N=C2NC2CCS(=O)CC2)cc(F)c1F. The molecule has 1 aromatic carbocycles. The van der Waals surface area contributed by atoms with Gasteiger partial charge in [-0.1, -0.05) is 6.07 Å². The largest absolute Gasteiger partial charge is 0.396 e. The lowest BCUT2D eigenvalue weighted by atomic mass is 10.1. The standard InChI is InChI=1S/C21H24F2N6O4S/c22-15-8-12(9-16(24)17(15)23)10-28-19(26-14-3-6-34(33)7-4-14)27-20(31)29(21(28)32)11-13-2-1-5-25-18(13)30/h1-2,5,8-9,14,20,31H,3-4,6-7,10-11,24H2,(H,25,30)(H,26,27). The number of nitrogens with one attached hydrogen (secondary N) is 2. The summed E-state index contributed by atoms with van der Waals surface area (Å²) in [7, 11) is -0.902. The second kappa shape index (κ2) is 9.89. The van der Waals surface area contributed by atoms with Gasteiger partial charge in [-0.2, -0.15) is 4.99 Å². The summed E-state index contributed by atoms with van der Waals surface area (Å²) in [5, 5.41) is 13.7. The minimum atomic E-state index is -1.58. The van der Waals surface area contributed by atoms with E-state index in [1.54, 1.807) is 6.07 Å². The molecule has 0 spiro atoms. The van der Waals surface area contributed by atoms with Crippen LogP contribution in [0.5, 0.6) is 0 Å². The summed E-state index contributed by atoms with van der Waals surface area (Å²) in [6.07, 6.45) is 1.01. The van der Waals surface area contributed by atoms with Gasteiger partial charge in [-0.25, -0.2) is 13.6 Å². The van der Waals surface area contributed by atoms with Gasteiger partial charge in [0.2, 0.25) is 12.3 Å². The van der Waals surface area contributed by atoms with Crippen LogP contribution in [0.4, 0.5) is 19.3 Å². The molecular formula is C21H24F2N6O4S. The Labute approximate surface area is 195 Å². The first-order chi connectivity index (χ1) is 16.2. The number of aliphatic hydroxyl groups is 1. The average molecular weight is 495 g/mol. The van der Waals surface area contributed by atoms with Crippen LogP contribution in [-0.4, -0.2) is 60.0 Å². The number of rotatable bonds is 5. The summed E-state index contributed by atoms with van der Waals surface area (Å²) in [5.74, 6) is -1.32. The van der Waals surface area contributed by atoms with Crippen molar-refractivity contribution in [2.75, 3.05) is 17.2 Å². The van der Waals surface area contributed by atoms with Crippen LogP contribution in [0.1, 0.15) is 24.0 Å². The maximum absolute atomic E-state index is 13.9. The lowest BCUT2D eigenvalue weighted by Crippen LogP contribution is -2.59. The van der Waals surface area contributed by atoms with Crippen molar-refractivity contribution in [2.24, 2.45) is 4.99 Å². The fraction of sp³-hybridized carbons (Fsp3) is 0.381. The van der Waals surface area contributed by atoms with Crippen molar-refractivity contribution >= 4 is 28.5 Å². The smallest absolute Gasteiger partial charge is 0.330 e. The van der Waals surface area contributed by atoms with Crippen LogP contribution in [0.15, 0.2) is 40.2 Å². The van der Waals surface area contributed by atoms with Crippen molar-refractivity contribution in [1.82, 2.24) is 20.1 Å². The first kappa shape index (κ1) is 23.8. The number of aromatic amines is 1. The number of halogens is 2. The molecule has 0 bridgehead atoms. The number of guanidine groups is 1. The Kier molecular flexibility index (Phi) is 6.93. The van der Waals surface area contributed by atoms with E-state index in [-0.39, 0.29) is 36.2 Å². The maximum Gasteiger partial charge on any atom is 0.330 e. The van der Waals surface area contributed by atoms with Gasteiger partial charge in [-0.05, 0) is 36.6 Å². The van der Waals surface area contributed by atoms with E-state index in [0.29, 0.717) is 24.3 Å². The highest BCUT2D eigenvalue weighted by Gasteiger charge is 2.36. The molecule has 10 nitrogen and oxygen atoms in total. The summed E-state index contributed by atoms with van der Waals surface area (Å²) in [6.45, 7) is -0.454. The van der Waals surface area contributed by atoms with E-state index in [9.17, 15) is 27.7 Å². The third-order valence-electron chi connectivity index (χ3n) is 5.67. The highest BCUT2D eigenvalue weighted by molar-refractivity contribution is 7.85. The molecule has 1 aromatic heterocycles. The number of amides is 2. The van der Waals surface area contributed by atoms with Gasteiger partial charge in [-0.15, -0.1) is 0 Å². The number of aliphatic hydroxyl groups excluding tert-OH is 1. The Morgan fingerprint density at radius 3 is 2.65 bits per heavy atom. The molecule has 5 N–H and O–H groups in total. The minimum absolute atomic E-state index is 0.0386. The predicted molar refractivity (Wildman–Crippen MR) is 122 cm³/mol. The normalized spacial score (nSPS) is 23.1. The zero-order valence-electron chi connectivity index (χ0n) is 18.0. The number of hydrogen-bond donors (Lipinski definition) is 4. The number of aromatic nitrogens is 1. The van der Waals surface area contributed by atoms with Crippen molar-refractivity contribution < 1.29 is 22.9 Å². The van der Waals surface area contributed by atoms with Gasteiger partial charge < -0.3 is 21.1 Å². The van der Waals surface area contributed by atoms with Crippen molar-refractivity contribution in [3.8, 4) is 0 Å². The number of nitrogens with two attached hydrogens (primary N) is 1. The molecule has 2 aromatic rings. The molecule has 1 atom stereocenters. The predicted octanol–water partition coefficient (Wildman–Crippen LogP) is 0.806. The Morgan fingerprint density at radius 2 is 1.97 bits per heavy atom. The summed E-state index contributed by atoms with van der Waals surface area (Å²) >= 11 is 0. The van der Waals surface area contributed by atoms with E-state index in [1.165, 1.54) is 23.2 Å². The average Bonchev–Trinajstić information content (AvgIpc) is 2.80. The van der Waals surface area contributed by atoms with Crippen LogP contribution in [-0.2, 0) is 23.9 Å². The highest BCUT2D eigenvalue weighted by atomic mass is 32.2. The molecule has 1 saturated heterocycles. The number of benzene rings is 1. The van der Waals surface area contributed by atoms with Gasteiger partial charge in [0, 0.05) is 40.1 Å². The number of carbonyl (C=O) groups is 1. The van der Waals surface area contributed by atoms with Crippen LogP contribution in [0.25, 0.3) is 0 Å². The number of pyridine rings is 1. The molecule has 182 valence electrons. The van der Waals surface area contributed by atoms with E-state index in [0.717, 1.165) is 11.0 Å². The first-order valence-electron chi connectivity index (χ1n) is 10.6. The second-order valence-electron chi connectivity index (χ2n) is 8.07. The lowest BCUT2D eigenvalue weighted by molar-refractivity contribution is 0.0139. The minimum Gasteiger partial charge on any atom is -0.396 e. The third-order valence-corrected chi connectivity index (χ3v) is 7.05. The Morgan fingerprint density at radius 1 is 1.24 bits per heavy atom. The molecule has 2 aliphatic rings. The van der Waals surface area contributed by atoms with Gasteiger partial charge in [0.05, 0.1) is 18.8 Å².